The third kappa shape index (κ3) is 3.33. The van der Waals surface area contributed by atoms with Crippen molar-refractivity contribution in [3.63, 3.8) is 0 Å². The summed E-state index contributed by atoms with van der Waals surface area (Å²) in [6.07, 6.45) is 0.972. The summed E-state index contributed by atoms with van der Waals surface area (Å²) in [4.78, 5) is 14.5. The summed E-state index contributed by atoms with van der Waals surface area (Å²) in [6, 6.07) is 8.27. The van der Waals surface area contributed by atoms with Gasteiger partial charge in [-0.05, 0) is 50.4 Å². The Morgan fingerprint density at radius 3 is 2.55 bits per heavy atom. The van der Waals surface area contributed by atoms with Crippen molar-refractivity contribution in [2.75, 3.05) is 20.2 Å². The minimum atomic E-state index is -0.115. The van der Waals surface area contributed by atoms with E-state index in [1.807, 2.05) is 24.3 Å². The number of hydrogen-bond donors (Lipinski definition) is 0. The van der Waals surface area contributed by atoms with Crippen LogP contribution in [0.2, 0.25) is 5.02 Å². The molecule has 1 heterocycles. The Bertz CT molecular complexity index is 458. The third-order valence-electron chi connectivity index (χ3n) is 4.18. The molecule has 1 aliphatic rings. The van der Waals surface area contributed by atoms with E-state index in [4.69, 9.17) is 16.3 Å². The van der Waals surface area contributed by atoms with E-state index in [0.29, 0.717) is 6.04 Å². The zero-order valence-electron chi connectivity index (χ0n) is 12.3. The van der Waals surface area contributed by atoms with Gasteiger partial charge in [0.05, 0.1) is 13.0 Å². The third-order valence-corrected chi connectivity index (χ3v) is 4.43. The van der Waals surface area contributed by atoms with Crippen LogP contribution >= 0.6 is 11.6 Å². The highest BCUT2D eigenvalue weighted by Crippen LogP contribution is 2.35. The smallest absolute Gasteiger partial charge is 0.310 e. The molecule has 0 saturated carbocycles. The van der Waals surface area contributed by atoms with Crippen LogP contribution in [0.3, 0.4) is 0 Å². The van der Waals surface area contributed by atoms with Gasteiger partial charge in [-0.2, -0.15) is 0 Å². The molecule has 1 saturated heterocycles. The topological polar surface area (TPSA) is 29.5 Å². The number of hydrogen-bond acceptors (Lipinski definition) is 3. The van der Waals surface area contributed by atoms with Crippen molar-refractivity contribution in [2.24, 2.45) is 5.92 Å². The Morgan fingerprint density at radius 2 is 2.00 bits per heavy atom. The van der Waals surface area contributed by atoms with Gasteiger partial charge >= 0.3 is 5.97 Å². The molecule has 2 atom stereocenters. The molecule has 0 bridgehead atoms. The van der Waals surface area contributed by atoms with Crippen LogP contribution in [0.1, 0.15) is 31.7 Å². The van der Waals surface area contributed by atoms with Gasteiger partial charge in [0.25, 0.3) is 0 Å². The lowest BCUT2D eigenvalue weighted by molar-refractivity contribution is -0.148. The SMILES string of the molecule is COC(=O)[C@H]1CN(C(C)C)CC[C@@H]1c1ccc(Cl)cc1. The van der Waals surface area contributed by atoms with Crippen LogP contribution in [0.4, 0.5) is 0 Å². The van der Waals surface area contributed by atoms with Crippen molar-refractivity contribution in [1.82, 2.24) is 4.90 Å². The summed E-state index contributed by atoms with van der Waals surface area (Å²) >= 11 is 5.94. The number of rotatable bonds is 3. The lowest BCUT2D eigenvalue weighted by atomic mass is 9.80. The Morgan fingerprint density at radius 1 is 1.35 bits per heavy atom. The number of carbonyl (C=O) groups is 1. The van der Waals surface area contributed by atoms with Crippen molar-refractivity contribution in [2.45, 2.75) is 32.2 Å². The van der Waals surface area contributed by atoms with E-state index < -0.39 is 0 Å². The van der Waals surface area contributed by atoms with Crippen molar-refractivity contribution >= 4 is 17.6 Å². The minimum absolute atomic E-state index is 0.0997. The maximum Gasteiger partial charge on any atom is 0.310 e. The molecule has 20 heavy (non-hydrogen) atoms. The van der Waals surface area contributed by atoms with Crippen LogP contribution in [0.25, 0.3) is 0 Å². The van der Waals surface area contributed by atoms with Crippen LogP contribution in [0, 0.1) is 5.92 Å². The summed E-state index contributed by atoms with van der Waals surface area (Å²) in [6.45, 7) is 6.10. The average molecular weight is 296 g/mol. The predicted octanol–water partition coefficient (Wildman–Crippen LogP) is 3.33. The molecular formula is C16H22ClNO2. The summed E-state index contributed by atoms with van der Waals surface area (Å²) < 4.78 is 5.00. The summed E-state index contributed by atoms with van der Waals surface area (Å²) in [7, 11) is 1.47. The molecule has 2 rings (SSSR count). The highest BCUT2D eigenvalue weighted by Gasteiger charge is 2.36. The monoisotopic (exact) mass is 295 g/mol. The maximum atomic E-state index is 12.1. The van der Waals surface area contributed by atoms with E-state index in [1.54, 1.807) is 0 Å². The van der Waals surface area contributed by atoms with Crippen molar-refractivity contribution in [3.05, 3.63) is 34.9 Å². The van der Waals surface area contributed by atoms with Crippen LogP contribution < -0.4 is 0 Å². The van der Waals surface area contributed by atoms with Gasteiger partial charge in [-0.25, -0.2) is 0 Å². The first-order valence-electron chi connectivity index (χ1n) is 7.10. The molecule has 0 aliphatic carbocycles. The number of methoxy groups -OCH3 is 1. The average Bonchev–Trinajstić information content (AvgIpc) is 2.46. The molecule has 4 heteroatoms. The van der Waals surface area contributed by atoms with E-state index >= 15 is 0 Å². The van der Waals surface area contributed by atoms with Crippen LogP contribution in [-0.4, -0.2) is 37.1 Å². The molecule has 0 unspecified atom stereocenters. The molecule has 3 nitrogen and oxygen atoms in total. The predicted molar refractivity (Wildman–Crippen MR) is 81.0 cm³/mol. The quantitative estimate of drug-likeness (QED) is 0.801. The number of ether oxygens (including phenoxy) is 1. The van der Waals surface area contributed by atoms with Crippen LogP contribution in [0.15, 0.2) is 24.3 Å². The fraction of sp³-hybridized carbons (Fsp3) is 0.562. The number of carbonyl (C=O) groups excluding carboxylic acids is 1. The van der Waals surface area contributed by atoms with E-state index in [2.05, 4.69) is 18.7 Å². The van der Waals surface area contributed by atoms with Gasteiger partial charge in [-0.1, -0.05) is 23.7 Å². The molecular weight excluding hydrogens is 274 g/mol. The molecule has 1 aromatic carbocycles. The second-order valence-corrected chi connectivity index (χ2v) is 6.10. The molecule has 0 spiro atoms. The maximum absolute atomic E-state index is 12.1. The molecule has 110 valence electrons. The Hall–Kier alpha value is -1.06. The number of halogens is 1. The summed E-state index contributed by atoms with van der Waals surface area (Å²) in [5, 5.41) is 0.725. The number of benzene rings is 1. The summed E-state index contributed by atoms with van der Waals surface area (Å²) in [5.41, 5.74) is 1.17. The fourth-order valence-electron chi connectivity index (χ4n) is 2.95. The largest absolute Gasteiger partial charge is 0.469 e. The Labute approximate surface area is 125 Å². The lowest BCUT2D eigenvalue weighted by Crippen LogP contribution is -2.46. The van der Waals surface area contributed by atoms with Crippen molar-refractivity contribution in [1.29, 1.82) is 0 Å². The molecule has 0 amide bonds. The minimum Gasteiger partial charge on any atom is -0.469 e. The van der Waals surface area contributed by atoms with Crippen LogP contribution in [0.5, 0.6) is 0 Å². The second-order valence-electron chi connectivity index (χ2n) is 5.67. The molecule has 0 aromatic heterocycles. The van der Waals surface area contributed by atoms with E-state index in [0.717, 1.165) is 24.5 Å². The van der Waals surface area contributed by atoms with Gasteiger partial charge in [0, 0.05) is 17.6 Å². The number of likely N-dealkylation sites (tertiary alicyclic amines) is 1. The van der Waals surface area contributed by atoms with Crippen molar-refractivity contribution in [3.8, 4) is 0 Å². The second kappa shape index (κ2) is 6.59. The number of piperidine rings is 1. The molecule has 1 aliphatic heterocycles. The Balaban J connectivity index is 2.22. The first-order chi connectivity index (χ1) is 9.52. The van der Waals surface area contributed by atoms with E-state index in [-0.39, 0.29) is 17.8 Å². The van der Waals surface area contributed by atoms with Crippen molar-refractivity contribution < 1.29 is 9.53 Å². The fourth-order valence-corrected chi connectivity index (χ4v) is 3.07. The zero-order valence-corrected chi connectivity index (χ0v) is 13.1. The van der Waals surface area contributed by atoms with E-state index in [9.17, 15) is 4.79 Å². The van der Waals surface area contributed by atoms with Gasteiger partial charge in [0.15, 0.2) is 0 Å². The standard InChI is InChI=1S/C16H22ClNO2/c1-11(2)18-9-8-14(15(10-18)16(19)20-3)12-4-6-13(17)7-5-12/h4-7,11,14-15H,8-10H2,1-3H3/t14-,15+/m1/s1. The number of nitrogens with zero attached hydrogens (tertiary/aromatic N) is 1. The number of esters is 1. The highest BCUT2D eigenvalue weighted by atomic mass is 35.5. The first kappa shape index (κ1) is 15.3. The normalized spacial score (nSPS) is 23.9. The Kier molecular flexibility index (Phi) is 5.06. The zero-order chi connectivity index (χ0) is 14.7. The van der Waals surface area contributed by atoms with E-state index in [1.165, 1.54) is 12.7 Å². The highest BCUT2D eigenvalue weighted by molar-refractivity contribution is 6.30. The molecule has 0 radical (unpaired) electrons. The molecule has 1 aromatic rings. The summed E-state index contributed by atoms with van der Waals surface area (Å²) in [5.74, 6) is 0.00217. The van der Waals surface area contributed by atoms with Gasteiger partial charge < -0.3 is 9.64 Å². The van der Waals surface area contributed by atoms with Gasteiger partial charge in [-0.3, -0.25) is 4.79 Å². The van der Waals surface area contributed by atoms with Gasteiger partial charge in [-0.15, -0.1) is 0 Å². The molecule has 1 fully saturated rings. The van der Waals surface area contributed by atoms with Crippen LogP contribution in [-0.2, 0) is 9.53 Å². The first-order valence-corrected chi connectivity index (χ1v) is 7.48. The lowest BCUT2D eigenvalue weighted by Gasteiger charge is -2.39. The molecule has 0 N–H and O–H groups in total. The van der Waals surface area contributed by atoms with Gasteiger partial charge in [0.2, 0.25) is 0 Å². The van der Waals surface area contributed by atoms with Gasteiger partial charge in [0.1, 0.15) is 0 Å².